The Hall–Kier alpha value is -0.100. The maximum absolute atomic E-state index is 10.3. The topological polar surface area (TPSA) is 92.0 Å². The van der Waals surface area contributed by atoms with Gasteiger partial charge in [-0.1, -0.05) is 0 Å². The van der Waals surface area contributed by atoms with Crippen LogP contribution >= 0.6 is 0 Å². The summed E-state index contributed by atoms with van der Waals surface area (Å²) in [5.41, 5.74) is 6.00. The van der Waals surface area contributed by atoms with Crippen molar-refractivity contribution in [1.29, 1.82) is 0 Å². The van der Waals surface area contributed by atoms with E-state index in [9.17, 15) is 4.79 Å². The fourth-order valence-electron chi connectivity index (χ4n) is 0.721. The fourth-order valence-corrected chi connectivity index (χ4v) is 0.721. The van der Waals surface area contributed by atoms with Gasteiger partial charge in [0.25, 0.3) is 0 Å². The molecule has 1 aromatic heterocycles. The van der Waals surface area contributed by atoms with Crippen LogP contribution in [0.4, 0.5) is 0 Å². The van der Waals surface area contributed by atoms with Crippen molar-refractivity contribution in [1.82, 2.24) is 9.97 Å². The van der Waals surface area contributed by atoms with Gasteiger partial charge in [0.15, 0.2) is 0 Å². The van der Waals surface area contributed by atoms with Crippen molar-refractivity contribution >= 4 is 43.7 Å². The Morgan fingerprint density at radius 1 is 1.83 bits per heavy atom. The molecule has 0 saturated heterocycles. The summed E-state index contributed by atoms with van der Waals surface area (Å²) in [5.74, 6) is -1.00. The molecule has 6 heteroatoms. The van der Waals surface area contributed by atoms with E-state index >= 15 is 0 Å². The molecule has 0 saturated carbocycles. The first-order chi connectivity index (χ1) is 5.20. The van der Waals surface area contributed by atoms with Gasteiger partial charge in [0, 0.05) is 18.3 Å². The van der Waals surface area contributed by atoms with E-state index in [0.717, 1.165) is 5.69 Å². The molecule has 12 heavy (non-hydrogen) atoms. The molecule has 1 heterocycles. The van der Waals surface area contributed by atoms with Crippen LogP contribution in [0.5, 0.6) is 0 Å². The Balaban J connectivity index is 0.00000121. The number of nitrogens with zero attached hydrogens (tertiary/aromatic N) is 1. The number of aliphatic carboxylic acids is 1. The quantitative estimate of drug-likeness (QED) is 0.511. The molecule has 0 unspecified atom stereocenters. The van der Waals surface area contributed by atoms with Crippen molar-refractivity contribution < 1.29 is 9.90 Å². The number of nitrogens with two attached hydrogens (primary N) is 1. The number of aromatic amines is 1. The van der Waals surface area contributed by atoms with Crippen molar-refractivity contribution in [3.05, 3.63) is 18.2 Å². The van der Waals surface area contributed by atoms with Gasteiger partial charge in [0.2, 0.25) is 0 Å². The molecule has 0 aliphatic heterocycles. The van der Waals surface area contributed by atoms with E-state index in [1.807, 2.05) is 0 Å². The number of aromatic nitrogens is 2. The molecule has 4 N–H and O–H groups in total. The molecule has 64 valence electrons. The Bertz CT molecular complexity index is 237. The van der Waals surface area contributed by atoms with E-state index in [4.69, 9.17) is 10.8 Å². The molecule has 0 fully saturated rings. The van der Waals surface area contributed by atoms with Crippen LogP contribution in [0.1, 0.15) is 5.69 Å². The van der Waals surface area contributed by atoms with Gasteiger partial charge in [-0.05, 0) is 0 Å². The molecule has 0 bridgehead atoms. The van der Waals surface area contributed by atoms with Crippen molar-refractivity contribution in [2.45, 2.75) is 12.5 Å². The molecule has 0 aliphatic rings. The van der Waals surface area contributed by atoms with E-state index in [-0.39, 0.29) is 44.2 Å². The van der Waals surface area contributed by atoms with E-state index in [0.29, 0.717) is 0 Å². The van der Waals surface area contributed by atoms with Gasteiger partial charge >= 0.3 is 43.7 Å². The summed E-state index contributed by atoms with van der Waals surface area (Å²) >= 11 is 0. The summed E-state index contributed by atoms with van der Waals surface area (Å²) in [5, 5.41) is 8.42. The molecule has 0 radical (unpaired) electrons. The number of carbonyl (C=O) groups is 1. The zero-order chi connectivity index (χ0) is 8.27. The number of carboxylic acids is 1. The van der Waals surface area contributed by atoms with Crippen molar-refractivity contribution in [3.8, 4) is 0 Å². The average molecular weight is 197 g/mol. The second kappa shape index (κ2) is 5.53. The first kappa shape index (κ1) is 11.9. The second-order valence-corrected chi connectivity index (χ2v) is 2.23. The summed E-state index contributed by atoms with van der Waals surface area (Å²) in [6, 6.07) is -0.851. The molecular formula is C6H11CaN3O2. The number of H-pyrrole nitrogens is 1. The van der Waals surface area contributed by atoms with Crippen LogP contribution in [0.3, 0.4) is 0 Å². The van der Waals surface area contributed by atoms with E-state index in [1.54, 1.807) is 6.20 Å². The predicted octanol–water partition coefficient (Wildman–Crippen LogP) is -1.55. The predicted molar refractivity (Wildman–Crippen MR) is 46.4 cm³/mol. The summed E-state index contributed by atoms with van der Waals surface area (Å²) in [4.78, 5) is 16.8. The Kier molecular flexibility index (Phi) is 5.48. The molecule has 0 aromatic carbocycles. The average Bonchev–Trinajstić information content (AvgIpc) is 2.39. The van der Waals surface area contributed by atoms with Crippen LogP contribution < -0.4 is 5.73 Å². The molecule has 0 aliphatic carbocycles. The van der Waals surface area contributed by atoms with E-state index in [1.165, 1.54) is 6.33 Å². The minimum absolute atomic E-state index is 0. The third-order valence-corrected chi connectivity index (χ3v) is 1.31. The normalized spacial score (nSPS) is 11.8. The van der Waals surface area contributed by atoms with Gasteiger partial charge in [-0.15, -0.1) is 0 Å². The van der Waals surface area contributed by atoms with Crippen LogP contribution in [0.25, 0.3) is 0 Å². The fraction of sp³-hybridized carbons (Fsp3) is 0.333. The van der Waals surface area contributed by atoms with Gasteiger partial charge in [0.1, 0.15) is 6.04 Å². The van der Waals surface area contributed by atoms with E-state index < -0.39 is 12.0 Å². The Labute approximate surface area is 99.4 Å². The summed E-state index contributed by atoms with van der Waals surface area (Å²) in [7, 11) is 0. The Morgan fingerprint density at radius 2 is 2.50 bits per heavy atom. The number of hydrogen-bond donors (Lipinski definition) is 3. The van der Waals surface area contributed by atoms with Crippen molar-refractivity contribution in [3.63, 3.8) is 0 Å². The van der Waals surface area contributed by atoms with Crippen LogP contribution in [-0.4, -0.2) is 64.8 Å². The first-order valence-electron chi connectivity index (χ1n) is 3.16. The molecule has 5 nitrogen and oxygen atoms in total. The summed E-state index contributed by atoms with van der Waals surface area (Å²) < 4.78 is 0. The monoisotopic (exact) mass is 197 g/mol. The van der Waals surface area contributed by atoms with Gasteiger partial charge in [-0.2, -0.15) is 0 Å². The van der Waals surface area contributed by atoms with Gasteiger partial charge in [-0.25, -0.2) is 4.98 Å². The number of rotatable bonds is 3. The van der Waals surface area contributed by atoms with Crippen LogP contribution in [0.15, 0.2) is 12.5 Å². The molecule has 0 amide bonds. The number of nitrogens with one attached hydrogen (secondary N) is 1. The molecule has 1 atom stereocenters. The molecule has 1 aromatic rings. The molecule has 0 spiro atoms. The molecule has 1 rings (SSSR count). The number of imidazole rings is 1. The standard InChI is InChI=1S/C6H9N3O2.Ca.2H/c7-5(6(10)11)1-4-2-8-3-9-4;;;/h2-3,5H,1,7H2,(H,8,9)(H,10,11);;;/t5-;;;/m0.../s1. The second-order valence-electron chi connectivity index (χ2n) is 2.23. The van der Waals surface area contributed by atoms with Crippen LogP contribution in [0.2, 0.25) is 0 Å². The zero-order valence-corrected chi connectivity index (χ0v) is 5.82. The van der Waals surface area contributed by atoms with E-state index in [2.05, 4.69) is 9.97 Å². The van der Waals surface area contributed by atoms with Gasteiger partial charge < -0.3 is 15.8 Å². The van der Waals surface area contributed by atoms with Crippen molar-refractivity contribution in [2.24, 2.45) is 5.73 Å². The molecular weight excluding hydrogens is 186 g/mol. The Morgan fingerprint density at radius 3 is 2.92 bits per heavy atom. The number of hydrogen-bond acceptors (Lipinski definition) is 3. The summed E-state index contributed by atoms with van der Waals surface area (Å²) in [6.45, 7) is 0. The third kappa shape index (κ3) is 3.53. The third-order valence-electron chi connectivity index (χ3n) is 1.31. The van der Waals surface area contributed by atoms with Crippen LogP contribution in [-0.2, 0) is 11.2 Å². The SMILES string of the molecule is N[C@@H](Cc1cnc[nH]1)C(=O)O.[CaH2]. The van der Waals surface area contributed by atoms with Crippen molar-refractivity contribution in [2.75, 3.05) is 0 Å². The van der Waals surface area contributed by atoms with Gasteiger partial charge in [-0.3, -0.25) is 4.79 Å². The van der Waals surface area contributed by atoms with Crippen LogP contribution in [0, 0.1) is 0 Å². The first-order valence-corrected chi connectivity index (χ1v) is 3.16. The maximum atomic E-state index is 10.3. The van der Waals surface area contributed by atoms with Gasteiger partial charge in [0.05, 0.1) is 6.33 Å². The number of carboxylic acid groups (broad SMARTS) is 1. The summed E-state index contributed by atoms with van der Waals surface area (Å²) in [6.07, 6.45) is 3.34. The zero-order valence-electron chi connectivity index (χ0n) is 5.82. The minimum atomic E-state index is -1.00.